The van der Waals surface area contributed by atoms with Crippen LogP contribution in [0.3, 0.4) is 0 Å². The fraction of sp³-hybridized carbons (Fsp3) is 0.444. The molecule has 2 atom stereocenters. The average Bonchev–Trinajstić information content (AvgIpc) is 2.03. The quantitative estimate of drug-likeness (QED) is 0.671. The highest BCUT2D eigenvalue weighted by Crippen LogP contribution is 2.16. The van der Waals surface area contributed by atoms with Crippen LogP contribution in [0, 0.1) is 12.9 Å². The van der Waals surface area contributed by atoms with E-state index in [4.69, 9.17) is 5.73 Å². The molecule has 4 heteroatoms. The zero-order chi connectivity index (χ0) is 10.0. The second-order valence-electron chi connectivity index (χ2n) is 3.07. The summed E-state index contributed by atoms with van der Waals surface area (Å²) < 4.78 is 12.6. The van der Waals surface area contributed by atoms with Crippen molar-refractivity contribution in [2.45, 2.75) is 26.0 Å². The van der Waals surface area contributed by atoms with Crippen LogP contribution >= 0.6 is 0 Å². The Morgan fingerprint density at radius 3 is 2.62 bits per heavy atom. The topological polar surface area (TPSA) is 59.1 Å². The Balaban J connectivity index is 3.01. The summed E-state index contributed by atoms with van der Waals surface area (Å²) in [6.45, 7) is 3.26. The zero-order valence-corrected chi connectivity index (χ0v) is 7.66. The Morgan fingerprint density at radius 2 is 2.15 bits per heavy atom. The molecule has 0 fully saturated rings. The van der Waals surface area contributed by atoms with E-state index in [9.17, 15) is 9.50 Å². The third-order valence-electron chi connectivity index (χ3n) is 1.97. The highest BCUT2D eigenvalue weighted by molar-refractivity contribution is 5.23. The highest BCUT2D eigenvalue weighted by Gasteiger charge is 2.14. The molecule has 0 aliphatic rings. The lowest BCUT2D eigenvalue weighted by atomic mass is 10.0. The Labute approximate surface area is 76.4 Å². The number of aliphatic hydroxyl groups is 1. The normalized spacial score (nSPS) is 15.5. The summed E-state index contributed by atoms with van der Waals surface area (Å²) in [5.41, 5.74) is 6.88. The molecule has 1 aromatic rings. The van der Waals surface area contributed by atoms with Crippen molar-refractivity contribution >= 4 is 0 Å². The van der Waals surface area contributed by atoms with E-state index in [1.54, 1.807) is 19.9 Å². The van der Waals surface area contributed by atoms with Gasteiger partial charge in [-0.2, -0.15) is 4.39 Å². The largest absolute Gasteiger partial charge is 0.391 e. The van der Waals surface area contributed by atoms with Gasteiger partial charge in [-0.3, -0.25) is 0 Å². The first kappa shape index (κ1) is 10.1. The summed E-state index contributed by atoms with van der Waals surface area (Å²) in [5.74, 6) is -0.529. The van der Waals surface area contributed by atoms with E-state index < -0.39 is 18.1 Å². The molecule has 2 unspecified atom stereocenters. The summed E-state index contributed by atoms with van der Waals surface area (Å²) in [5, 5.41) is 9.22. The molecule has 0 aromatic carbocycles. The van der Waals surface area contributed by atoms with Crippen LogP contribution < -0.4 is 5.73 Å². The molecule has 0 aliphatic heterocycles. The standard InChI is InChI=1S/C9H13FN2O/c1-5-7(9(11)6(2)13)3-4-8(10)12-5/h3-4,6,9,13H,11H2,1-2H3. The van der Waals surface area contributed by atoms with Gasteiger partial charge in [0.15, 0.2) is 0 Å². The molecule has 0 spiro atoms. The lowest BCUT2D eigenvalue weighted by Crippen LogP contribution is -2.24. The number of rotatable bonds is 2. The fourth-order valence-corrected chi connectivity index (χ4v) is 1.15. The first-order valence-electron chi connectivity index (χ1n) is 4.09. The fourth-order valence-electron chi connectivity index (χ4n) is 1.15. The van der Waals surface area contributed by atoms with Gasteiger partial charge < -0.3 is 10.8 Å². The van der Waals surface area contributed by atoms with Crippen LogP contribution in [0.4, 0.5) is 4.39 Å². The van der Waals surface area contributed by atoms with Crippen molar-refractivity contribution in [2.24, 2.45) is 5.73 Å². The average molecular weight is 184 g/mol. The zero-order valence-electron chi connectivity index (χ0n) is 7.66. The molecule has 1 rings (SSSR count). The molecular formula is C9H13FN2O. The third-order valence-corrected chi connectivity index (χ3v) is 1.97. The molecule has 0 radical (unpaired) electrons. The number of nitrogens with two attached hydrogens (primary N) is 1. The first-order chi connectivity index (χ1) is 6.02. The lowest BCUT2D eigenvalue weighted by Gasteiger charge is -2.16. The van der Waals surface area contributed by atoms with Crippen molar-refractivity contribution < 1.29 is 9.50 Å². The third kappa shape index (κ3) is 2.23. The maximum atomic E-state index is 12.6. The van der Waals surface area contributed by atoms with Gasteiger partial charge in [-0.05, 0) is 25.5 Å². The molecule has 0 amide bonds. The number of halogens is 1. The molecule has 3 N–H and O–H groups in total. The number of aromatic nitrogens is 1. The van der Waals surface area contributed by atoms with Crippen molar-refractivity contribution in [1.29, 1.82) is 0 Å². The Morgan fingerprint density at radius 1 is 1.54 bits per heavy atom. The van der Waals surface area contributed by atoms with E-state index in [1.165, 1.54) is 6.07 Å². The predicted molar refractivity (Wildman–Crippen MR) is 47.5 cm³/mol. The van der Waals surface area contributed by atoms with E-state index in [2.05, 4.69) is 4.98 Å². The smallest absolute Gasteiger partial charge is 0.213 e. The highest BCUT2D eigenvalue weighted by atomic mass is 19.1. The minimum atomic E-state index is -0.661. The molecule has 0 saturated heterocycles. The van der Waals surface area contributed by atoms with Gasteiger partial charge in [0.25, 0.3) is 0 Å². The van der Waals surface area contributed by atoms with Crippen LogP contribution in [0.5, 0.6) is 0 Å². The summed E-state index contributed by atoms with van der Waals surface area (Å²) >= 11 is 0. The van der Waals surface area contributed by atoms with Crippen LogP contribution in [-0.2, 0) is 0 Å². The van der Waals surface area contributed by atoms with E-state index >= 15 is 0 Å². The maximum absolute atomic E-state index is 12.6. The van der Waals surface area contributed by atoms with Gasteiger partial charge in [-0.1, -0.05) is 6.07 Å². The van der Waals surface area contributed by atoms with E-state index in [0.29, 0.717) is 11.3 Å². The van der Waals surface area contributed by atoms with Gasteiger partial charge in [-0.15, -0.1) is 0 Å². The minimum absolute atomic E-state index is 0.506. The molecule has 72 valence electrons. The van der Waals surface area contributed by atoms with Crippen LogP contribution in [0.25, 0.3) is 0 Å². The molecule has 0 saturated carbocycles. The molecule has 0 bridgehead atoms. The monoisotopic (exact) mass is 184 g/mol. The van der Waals surface area contributed by atoms with Gasteiger partial charge in [0.1, 0.15) is 0 Å². The van der Waals surface area contributed by atoms with Crippen molar-refractivity contribution in [3.63, 3.8) is 0 Å². The van der Waals surface area contributed by atoms with E-state index in [0.717, 1.165) is 0 Å². The Hall–Kier alpha value is -1.00. The molecule has 3 nitrogen and oxygen atoms in total. The summed E-state index contributed by atoms with van der Waals surface area (Å²) in [7, 11) is 0. The number of aryl methyl sites for hydroxylation is 1. The minimum Gasteiger partial charge on any atom is -0.391 e. The van der Waals surface area contributed by atoms with Crippen molar-refractivity contribution in [3.8, 4) is 0 Å². The van der Waals surface area contributed by atoms with Crippen LogP contribution in [0.2, 0.25) is 0 Å². The number of hydrogen-bond donors (Lipinski definition) is 2. The maximum Gasteiger partial charge on any atom is 0.213 e. The lowest BCUT2D eigenvalue weighted by molar-refractivity contribution is 0.163. The molecule has 1 aromatic heterocycles. The SMILES string of the molecule is Cc1nc(F)ccc1C(N)C(C)O. The summed E-state index contributed by atoms with van der Waals surface area (Å²) in [6, 6.07) is 2.28. The number of aliphatic hydroxyl groups excluding tert-OH is 1. The van der Waals surface area contributed by atoms with E-state index in [-0.39, 0.29) is 0 Å². The van der Waals surface area contributed by atoms with Gasteiger partial charge in [-0.25, -0.2) is 4.98 Å². The Kier molecular flexibility index (Phi) is 2.95. The molecule has 13 heavy (non-hydrogen) atoms. The first-order valence-corrected chi connectivity index (χ1v) is 4.09. The second-order valence-corrected chi connectivity index (χ2v) is 3.07. The van der Waals surface area contributed by atoms with Gasteiger partial charge in [0.05, 0.1) is 12.1 Å². The van der Waals surface area contributed by atoms with Crippen LogP contribution in [-0.4, -0.2) is 16.2 Å². The van der Waals surface area contributed by atoms with Crippen molar-refractivity contribution in [2.75, 3.05) is 0 Å². The molecular weight excluding hydrogens is 171 g/mol. The van der Waals surface area contributed by atoms with Gasteiger partial charge in [0, 0.05) is 5.69 Å². The van der Waals surface area contributed by atoms with Crippen molar-refractivity contribution in [1.82, 2.24) is 4.98 Å². The summed E-state index contributed by atoms with van der Waals surface area (Å²) in [4.78, 5) is 3.62. The summed E-state index contributed by atoms with van der Waals surface area (Å²) in [6.07, 6.45) is -0.661. The molecule has 0 aliphatic carbocycles. The van der Waals surface area contributed by atoms with Crippen LogP contribution in [0.15, 0.2) is 12.1 Å². The molecule has 1 heterocycles. The van der Waals surface area contributed by atoms with Gasteiger partial charge >= 0.3 is 0 Å². The Bertz CT molecular complexity index is 302. The van der Waals surface area contributed by atoms with E-state index in [1.807, 2.05) is 0 Å². The second kappa shape index (κ2) is 3.81. The predicted octanol–water partition coefficient (Wildman–Crippen LogP) is 0.910. The van der Waals surface area contributed by atoms with Crippen LogP contribution in [0.1, 0.15) is 24.2 Å². The number of hydrogen-bond acceptors (Lipinski definition) is 3. The number of nitrogens with zero attached hydrogens (tertiary/aromatic N) is 1. The number of pyridine rings is 1. The van der Waals surface area contributed by atoms with Crippen molar-refractivity contribution in [3.05, 3.63) is 29.3 Å². The van der Waals surface area contributed by atoms with Gasteiger partial charge in [0.2, 0.25) is 5.95 Å².